The third kappa shape index (κ3) is 1.91. The molecule has 0 bridgehead atoms. The maximum Gasteiger partial charge on any atom is 0.166 e. The number of hydrogen-bond donors (Lipinski definition) is 1. The highest BCUT2D eigenvalue weighted by Gasteiger charge is 2.24. The Morgan fingerprint density at radius 2 is 2.00 bits per heavy atom. The Morgan fingerprint density at radius 3 is 2.38 bits per heavy atom. The van der Waals surface area contributed by atoms with E-state index in [0.29, 0.717) is 5.56 Å². The molecule has 0 fully saturated rings. The number of hydrogen-bond acceptors (Lipinski definition) is 2. The second kappa shape index (κ2) is 3.24. The van der Waals surface area contributed by atoms with Gasteiger partial charge in [-0.25, -0.2) is 4.39 Å². The maximum atomic E-state index is 13.6. The van der Waals surface area contributed by atoms with Gasteiger partial charge in [-0.2, -0.15) is 0 Å². The molecule has 1 N–H and O–H groups in total. The molecule has 13 heavy (non-hydrogen) atoms. The van der Waals surface area contributed by atoms with E-state index in [4.69, 9.17) is 4.74 Å². The van der Waals surface area contributed by atoms with Crippen molar-refractivity contribution in [2.24, 2.45) is 0 Å². The second-order valence-corrected chi connectivity index (χ2v) is 3.33. The minimum absolute atomic E-state index is 0.0364. The molecule has 0 aliphatic rings. The standard InChI is InChI=1S/C10H13FO2/c1-10(2,11)7-5-4-6-8(12)9(7)13-3/h4-6,12H,1-3H3. The molecule has 0 amide bonds. The van der Waals surface area contributed by atoms with Crippen molar-refractivity contribution in [1.29, 1.82) is 0 Å². The Morgan fingerprint density at radius 1 is 1.38 bits per heavy atom. The van der Waals surface area contributed by atoms with Crippen molar-refractivity contribution in [1.82, 2.24) is 0 Å². The zero-order chi connectivity index (χ0) is 10.1. The molecule has 0 aliphatic carbocycles. The van der Waals surface area contributed by atoms with Gasteiger partial charge in [-0.15, -0.1) is 0 Å². The third-order valence-electron chi connectivity index (χ3n) is 1.84. The minimum atomic E-state index is -1.51. The fourth-order valence-corrected chi connectivity index (χ4v) is 1.21. The molecule has 0 atom stereocenters. The molecule has 0 aromatic heterocycles. The molecule has 0 saturated carbocycles. The highest BCUT2D eigenvalue weighted by atomic mass is 19.1. The summed E-state index contributed by atoms with van der Waals surface area (Å²) < 4.78 is 18.5. The second-order valence-electron chi connectivity index (χ2n) is 3.33. The molecule has 0 spiro atoms. The van der Waals surface area contributed by atoms with Crippen LogP contribution in [0.2, 0.25) is 0 Å². The molecule has 0 aliphatic heterocycles. The first kappa shape index (κ1) is 9.84. The van der Waals surface area contributed by atoms with Gasteiger partial charge in [-0.1, -0.05) is 12.1 Å². The van der Waals surface area contributed by atoms with Crippen LogP contribution in [0.4, 0.5) is 4.39 Å². The summed E-state index contributed by atoms with van der Waals surface area (Å²) >= 11 is 0. The maximum absolute atomic E-state index is 13.6. The molecule has 1 rings (SSSR count). The summed E-state index contributed by atoms with van der Waals surface area (Å²) in [5.74, 6) is 0.167. The number of methoxy groups -OCH3 is 1. The number of aromatic hydroxyl groups is 1. The number of ether oxygens (including phenoxy) is 1. The van der Waals surface area contributed by atoms with Crippen molar-refractivity contribution in [3.8, 4) is 11.5 Å². The zero-order valence-corrected chi connectivity index (χ0v) is 7.97. The SMILES string of the molecule is COc1c(O)cccc1C(C)(C)F. The average Bonchev–Trinajstić information content (AvgIpc) is 2.02. The van der Waals surface area contributed by atoms with E-state index < -0.39 is 5.67 Å². The van der Waals surface area contributed by atoms with Crippen LogP contribution in [0.3, 0.4) is 0 Å². The van der Waals surface area contributed by atoms with Gasteiger partial charge in [0, 0.05) is 5.56 Å². The first-order chi connectivity index (χ1) is 5.96. The van der Waals surface area contributed by atoms with Crippen molar-refractivity contribution in [3.05, 3.63) is 23.8 Å². The van der Waals surface area contributed by atoms with Gasteiger partial charge in [0.25, 0.3) is 0 Å². The molecule has 1 aromatic rings. The lowest BCUT2D eigenvalue weighted by Gasteiger charge is -2.18. The molecular formula is C10H13FO2. The lowest BCUT2D eigenvalue weighted by atomic mass is 9.99. The van der Waals surface area contributed by atoms with Crippen LogP contribution in [0.5, 0.6) is 11.5 Å². The molecule has 2 nitrogen and oxygen atoms in total. The van der Waals surface area contributed by atoms with Gasteiger partial charge in [-0.05, 0) is 19.9 Å². The number of phenolic OH excluding ortho intramolecular Hbond substituents is 1. The van der Waals surface area contributed by atoms with Gasteiger partial charge in [0.05, 0.1) is 7.11 Å². The van der Waals surface area contributed by atoms with E-state index in [1.807, 2.05) is 0 Å². The number of alkyl halides is 1. The summed E-state index contributed by atoms with van der Waals surface area (Å²) in [6.45, 7) is 2.84. The van der Waals surface area contributed by atoms with Gasteiger partial charge in [0.15, 0.2) is 11.5 Å². The molecule has 0 heterocycles. The number of para-hydroxylation sites is 1. The topological polar surface area (TPSA) is 29.5 Å². The summed E-state index contributed by atoms with van der Waals surface area (Å²) in [4.78, 5) is 0. The van der Waals surface area contributed by atoms with Crippen LogP contribution in [0.25, 0.3) is 0 Å². The number of halogens is 1. The van der Waals surface area contributed by atoms with Crippen LogP contribution in [0.1, 0.15) is 19.4 Å². The Hall–Kier alpha value is -1.25. The largest absolute Gasteiger partial charge is 0.504 e. The van der Waals surface area contributed by atoms with Gasteiger partial charge in [0.2, 0.25) is 0 Å². The van der Waals surface area contributed by atoms with E-state index in [1.54, 1.807) is 12.1 Å². The summed E-state index contributed by atoms with van der Waals surface area (Å²) in [6.07, 6.45) is 0. The van der Waals surface area contributed by atoms with Crippen LogP contribution in [0, 0.1) is 0 Å². The average molecular weight is 184 g/mol. The number of phenols is 1. The lowest BCUT2D eigenvalue weighted by molar-refractivity contribution is 0.211. The van der Waals surface area contributed by atoms with Crippen LogP contribution in [-0.2, 0) is 5.67 Å². The quantitative estimate of drug-likeness (QED) is 0.765. The van der Waals surface area contributed by atoms with Crippen LogP contribution in [-0.4, -0.2) is 12.2 Å². The van der Waals surface area contributed by atoms with E-state index in [0.717, 1.165) is 0 Å². The molecule has 0 saturated heterocycles. The summed E-state index contributed by atoms with van der Waals surface area (Å²) in [5, 5.41) is 9.36. The predicted octanol–water partition coefficient (Wildman–Crippen LogP) is 2.61. The first-order valence-corrected chi connectivity index (χ1v) is 4.02. The minimum Gasteiger partial charge on any atom is -0.504 e. The number of benzene rings is 1. The molecule has 0 radical (unpaired) electrons. The van der Waals surface area contributed by atoms with Gasteiger partial charge >= 0.3 is 0 Å². The smallest absolute Gasteiger partial charge is 0.166 e. The fourth-order valence-electron chi connectivity index (χ4n) is 1.21. The molecule has 3 heteroatoms. The van der Waals surface area contributed by atoms with E-state index >= 15 is 0 Å². The highest BCUT2D eigenvalue weighted by Crippen LogP contribution is 2.38. The molecule has 0 unspecified atom stereocenters. The van der Waals surface area contributed by atoms with Crippen molar-refractivity contribution in [2.75, 3.05) is 7.11 Å². The molecule has 72 valence electrons. The van der Waals surface area contributed by atoms with E-state index in [2.05, 4.69) is 0 Å². The van der Waals surface area contributed by atoms with Crippen molar-refractivity contribution >= 4 is 0 Å². The Balaban J connectivity index is 3.29. The van der Waals surface area contributed by atoms with Gasteiger partial charge in [-0.3, -0.25) is 0 Å². The van der Waals surface area contributed by atoms with E-state index in [-0.39, 0.29) is 11.5 Å². The fraction of sp³-hybridized carbons (Fsp3) is 0.400. The summed E-state index contributed by atoms with van der Waals surface area (Å²) in [5.41, 5.74) is -1.15. The van der Waals surface area contributed by atoms with Crippen molar-refractivity contribution < 1.29 is 14.2 Å². The molecule has 1 aromatic carbocycles. The first-order valence-electron chi connectivity index (χ1n) is 4.02. The van der Waals surface area contributed by atoms with E-state index in [1.165, 1.54) is 27.0 Å². The van der Waals surface area contributed by atoms with Crippen molar-refractivity contribution in [3.63, 3.8) is 0 Å². The Labute approximate surface area is 77.0 Å². The van der Waals surface area contributed by atoms with Crippen LogP contribution >= 0.6 is 0 Å². The normalized spacial score (nSPS) is 11.4. The van der Waals surface area contributed by atoms with E-state index in [9.17, 15) is 9.50 Å². The highest BCUT2D eigenvalue weighted by molar-refractivity contribution is 5.47. The number of rotatable bonds is 2. The monoisotopic (exact) mass is 184 g/mol. The summed E-state index contributed by atoms with van der Waals surface area (Å²) in [7, 11) is 1.41. The van der Waals surface area contributed by atoms with Crippen LogP contribution in [0.15, 0.2) is 18.2 Å². The lowest BCUT2D eigenvalue weighted by Crippen LogP contribution is -2.10. The predicted molar refractivity (Wildman–Crippen MR) is 48.8 cm³/mol. The summed E-state index contributed by atoms with van der Waals surface area (Å²) in [6, 6.07) is 4.65. The Bertz CT molecular complexity index is 302. The third-order valence-corrected chi connectivity index (χ3v) is 1.84. The Kier molecular flexibility index (Phi) is 2.45. The zero-order valence-electron chi connectivity index (χ0n) is 7.97. The van der Waals surface area contributed by atoms with Crippen LogP contribution < -0.4 is 4.74 Å². The molecular weight excluding hydrogens is 171 g/mol. The van der Waals surface area contributed by atoms with Crippen molar-refractivity contribution in [2.45, 2.75) is 19.5 Å². The van der Waals surface area contributed by atoms with Gasteiger partial charge < -0.3 is 9.84 Å². The van der Waals surface area contributed by atoms with Gasteiger partial charge in [0.1, 0.15) is 5.67 Å².